The van der Waals surface area contributed by atoms with Gasteiger partial charge in [0.1, 0.15) is 0 Å². The Labute approximate surface area is 303 Å². The van der Waals surface area contributed by atoms with E-state index >= 15 is 0 Å². The van der Waals surface area contributed by atoms with Crippen LogP contribution in [0.25, 0.3) is 0 Å². The summed E-state index contributed by atoms with van der Waals surface area (Å²) in [5.74, 6) is -0.328. The minimum Gasteiger partial charge on any atom is -0.448 e. The molecule has 276 valence electrons. The summed E-state index contributed by atoms with van der Waals surface area (Å²) >= 11 is 0. The molecule has 7 aliphatic carbocycles. The molecule has 1 amide bonds. The first kappa shape index (κ1) is 35.2. The van der Waals surface area contributed by atoms with Gasteiger partial charge < -0.3 is 24.6 Å². The van der Waals surface area contributed by atoms with Crippen LogP contribution in [0.1, 0.15) is 109 Å². The summed E-state index contributed by atoms with van der Waals surface area (Å²) in [6.45, 7) is 11.5. The summed E-state index contributed by atoms with van der Waals surface area (Å²) in [5.41, 5.74) is -4.14. The minimum absolute atomic E-state index is 0.0319. The first-order valence-corrected chi connectivity index (χ1v) is 19.5. The maximum absolute atomic E-state index is 14.9. The van der Waals surface area contributed by atoms with E-state index in [9.17, 15) is 24.6 Å². The lowest BCUT2D eigenvalue weighted by atomic mass is 9.32. The van der Waals surface area contributed by atoms with Crippen molar-refractivity contribution in [2.24, 2.45) is 44.3 Å². The topological polar surface area (TPSA) is 113 Å². The molecule has 2 N–H and O–H groups in total. The van der Waals surface area contributed by atoms with Crippen molar-refractivity contribution in [3.8, 4) is 0 Å². The summed E-state index contributed by atoms with van der Waals surface area (Å²) < 4.78 is 11.5. The lowest BCUT2D eigenvalue weighted by Gasteiger charge is -2.71. The van der Waals surface area contributed by atoms with E-state index in [4.69, 9.17) is 9.47 Å². The summed E-state index contributed by atoms with van der Waals surface area (Å²) in [4.78, 5) is 44.7. The number of hydrogen-bond donors (Lipinski definition) is 2. The Bertz CT molecular complexity index is 1720. The lowest BCUT2D eigenvalue weighted by molar-refractivity contribution is -0.187. The van der Waals surface area contributed by atoms with Crippen LogP contribution in [0, 0.1) is 44.3 Å². The second kappa shape index (κ2) is 11.1. The molecule has 10 atom stereocenters. The highest BCUT2D eigenvalue weighted by atomic mass is 16.6. The Morgan fingerprint density at radius 3 is 2.27 bits per heavy atom. The van der Waals surface area contributed by atoms with Crippen molar-refractivity contribution in [1.82, 2.24) is 4.90 Å². The molecule has 2 spiro atoms. The van der Waals surface area contributed by atoms with E-state index in [-0.39, 0.29) is 41.5 Å². The molecule has 8 nitrogen and oxygen atoms in total. The van der Waals surface area contributed by atoms with Crippen molar-refractivity contribution in [1.29, 1.82) is 0 Å². The molecule has 1 aromatic rings. The molecule has 4 bridgehead atoms. The van der Waals surface area contributed by atoms with Crippen LogP contribution in [0.3, 0.4) is 0 Å². The third-order valence-electron chi connectivity index (χ3n) is 16.9. The average molecular weight is 700 g/mol. The fourth-order valence-electron chi connectivity index (χ4n) is 13.3. The van der Waals surface area contributed by atoms with Gasteiger partial charge in [-0.2, -0.15) is 0 Å². The Kier molecular flexibility index (Phi) is 7.68. The third-order valence-corrected chi connectivity index (χ3v) is 16.9. The van der Waals surface area contributed by atoms with Crippen molar-refractivity contribution < 1.29 is 34.1 Å². The van der Waals surface area contributed by atoms with Crippen LogP contribution >= 0.6 is 0 Å². The number of amides is 1. The highest BCUT2D eigenvalue weighted by Gasteiger charge is 2.78. The normalized spacial score (nSPS) is 45.5. The number of nitrogens with zero attached hydrogens (tertiary/aromatic N) is 1. The zero-order valence-corrected chi connectivity index (χ0v) is 31.4. The van der Waals surface area contributed by atoms with Gasteiger partial charge >= 0.3 is 5.97 Å². The number of Topliss-reactive ketones (excluding diaryl/α,β-unsaturated/α-hetero) is 1. The number of carbonyl (C=O) groups is 3. The maximum atomic E-state index is 14.9. The van der Waals surface area contributed by atoms with E-state index in [1.807, 2.05) is 51.1 Å². The standard InChI is InChI=1S/C43H57NO7/c1-36(2)39(5)19-22-43(36,51-35(39)48)34(47)44(23-10-24-50-6)27-41(49)18-15-32-38(41,4)17-14-31-37(3)16-13-29(45)25-40(37)20-21-42(31,32)30(26-40)33(46)28-11-8-7-9-12-28/h7-9,11-12,20-21,26,29,31-32,45,49H,10,13-19,22-25,27H2,1-6H3/t29?,31-,32-,37-,38+,39+,40+,41-,42-,43-/m1/s1. The van der Waals surface area contributed by atoms with Gasteiger partial charge in [-0.1, -0.05) is 76.3 Å². The fourth-order valence-corrected chi connectivity index (χ4v) is 13.3. The van der Waals surface area contributed by atoms with E-state index < -0.39 is 44.4 Å². The Balaban J connectivity index is 1.19. The molecule has 8 heteroatoms. The van der Waals surface area contributed by atoms with Gasteiger partial charge in [0.05, 0.1) is 23.7 Å². The van der Waals surface area contributed by atoms with E-state index in [2.05, 4.69) is 32.1 Å². The number of carbonyl (C=O) groups excluding carboxylic acids is 3. The van der Waals surface area contributed by atoms with Gasteiger partial charge in [-0.25, -0.2) is 0 Å². The lowest BCUT2D eigenvalue weighted by Crippen LogP contribution is -2.68. The number of aliphatic hydroxyl groups is 2. The van der Waals surface area contributed by atoms with Gasteiger partial charge in [0.25, 0.3) is 5.91 Å². The Morgan fingerprint density at radius 2 is 1.61 bits per heavy atom. The predicted molar refractivity (Wildman–Crippen MR) is 192 cm³/mol. The molecule has 51 heavy (non-hydrogen) atoms. The minimum atomic E-state index is -1.27. The molecule has 1 unspecified atom stereocenters. The molecular weight excluding hydrogens is 642 g/mol. The highest BCUT2D eigenvalue weighted by Crippen LogP contribution is 2.78. The van der Waals surface area contributed by atoms with Crippen LogP contribution in [-0.2, 0) is 19.1 Å². The van der Waals surface area contributed by atoms with E-state index in [0.717, 1.165) is 37.7 Å². The summed E-state index contributed by atoms with van der Waals surface area (Å²) in [6, 6.07) is 9.55. The van der Waals surface area contributed by atoms with Gasteiger partial charge in [-0.05, 0) is 88.4 Å². The average Bonchev–Trinajstić information content (AvgIpc) is 3.55. The maximum Gasteiger partial charge on any atom is 0.313 e. The molecule has 1 aromatic carbocycles. The largest absolute Gasteiger partial charge is 0.448 e. The number of methoxy groups -OCH3 is 1. The monoisotopic (exact) mass is 699 g/mol. The molecule has 5 fully saturated rings. The number of fused-ring (bicyclic) bond motifs is 3. The first-order chi connectivity index (χ1) is 24.0. The quantitative estimate of drug-likeness (QED) is 0.132. The zero-order chi connectivity index (χ0) is 36.5. The Morgan fingerprint density at radius 1 is 0.922 bits per heavy atom. The van der Waals surface area contributed by atoms with Crippen LogP contribution in [0.5, 0.6) is 0 Å². The van der Waals surface area contributed by atoms with Gasteiger partial charge in [0.15, 0.2) is 11.4 Å². The summed E-state index contributed by atoms with van der Waals surface area (Å²) in [7, 11) is 1.65. The van der Waals surface area contributed by atoms with Crippen LogP contribution in [-0.4, -0.2) is 76.9 Å². The van der Waals surface area contributed by atoms with Crippen molar-refractivity contribution >= 4 is 17.7 Å². The number of hydrogen-bond acceptors (Lipinski definition) is 7. The van der Waals surface area contributed by atoms with E-state index in [1.165, 1.54) is 0 Å². The number of ether oxygens (including phenoxy) is 2. The van der Waals surface area contributed by atoms with Gasteiger partial charge in [0.2, 0.25) is 0 Å². The molecule has 9 rings (SSSR count). The summed E-state index contributed by atoms with van der Waals surface area (Å²) in [6.07, 6.45) is 13.3. The third kappa shape index (κ3) is 4.16. The van der Waals surface area contributed by atoms with Gasteiger partial charge in [-0.3, -0.25) is 14.4 Å². The Hall–Kier alpha value is -2.81. The van der Waals surface area contributed by atoms with Gasteiger partial charge in [0, 0.05) is 53.1 Å². The summed E-state index contributed by atoms with van der Waals surface area (Å²) in [5, 5.41) is 24.2. The van der Waals surface area contributed by atoms with Crippen molar-refractivity contribution in [2.75, 3.05) is 26.8 Å². The SMILES string of the molecule is COCCCN(C[C@]1(O)CC[C@H]2[C@]34C=C[C@@]5(C=C3C(=O)c3ccccc3)CC(O)CC[C@]5(C)[C@H]4CC[C@@]21C)C(=O)[C@@]12CC[C@@](C)(C(=O)O1)C2(C)C. The molecule has 0 aromatic heterocycles. The number of esters is 1. The first-order valence-electron chi connectivity index (χ1n) is 19.5. The van der Waals surface area contributed by atoms with Crippen molar-refractivity contribution in [3.63, 3.8) is 0 Å². The second-order valence-corrected chi connectivity index (χ2v) is 18.8. The molecule has 4 saturated carbocycles. The van der Waals surface area contributed by atoms with Crippen LogP contribution in [0.4, 0.5) is 0 Å². The van der Waals surface area contributed by atoms with Crippen molar-refractivity contribution in [2.45, 2.75) is 116 Å². The van der Waals surface area contributed by atoms with E-state index in [1.54, 1.807) is 12.0 Å². The molecular formula is C43H57NO7. The highest BCUT2D eigenvalue weighted by molar-refractivity contribution is 6.10. The number of allylic oxidation sites excluding steroid dienone is 4. The number of benzene rings is 1. The number of ketones is 1. The van der Waals surface area contributed by atoms with Crippen LogP contribution in [0.2, 0.25) is 0 Å². The molecule has 0 radical (unpaired) electrons. The molecule has 1 aliphatic heterocycles. The van der Waals surface area contributed by atoms with E-state index in [0.29, 0.717) is 50.8 Å². The fraction of sp³-hybridized carbons (Fsp3) is 0.698. The van der Waals surface area contributed by atoms with Crippen molar-refractivity contribution in [3.05, 3.63) is 59.7 Å². The molecule has 1 saturated heterocycles. The second-order valence-electron chi connectivity index (χ2n) is 18.8. The molecule has 1 heterocycles. The molecule has 8 aliphatic rings. The van der Waals surface area contributed by atoms with Gasteiger partial charge in [-0.15, -0.1) is 0 Å². The number of rotatable bonds is 9. The predicted octanol–water partition coefficient (Wildman–Crippen LogP) is 6.45. The van der Waals surface area contributed by atoms with Crippen LogP contribution < -0.4 is 0 Å². The number of aliphatic hydroxyl groups excluding tert-OH is 1. The smallest absolute Gasteiger partial charge is 0.313 e. The zero-order valence-electron chi connectivity index (χ0n) is 31.4. The van der Waals surface area contributed by atoms with Crippen LogP contribution in [0.15, 0.2) is 54.1 Å².